The van der Waals surface area contributed by atoms with Crippen LogP contribution >= 0.6 is 0 Å². The third-order valence-electron chi connectivity index (χ3n) is 9.09. The summed E-state index contributed by atoms with van der Waals surface area (Å²) in [7, 11) is 0. The Kier molecular flexibility index (Phi) is 7.56. The summed E-state index contributed by atoms with van der Waals surface area (Å²) in [4.78, 5) is 9.35. The minimum Gasteiger partial charge on any atom is -0.307 e. The molecule has 7 heteroatoms. The quantitative estimate of drug-likeness (QED) is 0.183. The first-order chi connectivity index (χ1) is 25.2. The summed E-state index contributed by atoms with van der Waals surface area (Å²) < 4.78 is 2.04. The van der Waals surface area contributed by atoms with Gasteiger partial charge in [-0.05, 0) is 35.9 Å². The van der Waals surface area contributed by atoms with E-state index in [0.29, 0.717) is 28.2 Å². The molecule has 0 fully saturated rings. The average molecular weight is 650 g/mol. The summed E-state index contributed by atoms with van der Waals surface area (Å²) in [6, 6.07) is 49.2. The molecule has 0 N–H and O–H groups in total. The largest absolute Gasteiger partial charge is 0.307 e. The summed E-state index contributed by atoms with van der Waals surface area (Å²) >= 11 is 0. The molecule has 0 radical (unpaired) electrons. The van der Waals surface area contributed by atoms with E-state index in [-0.39, 0.29) is 33.4 Å². The molecule has 0 bridgehead atoms. The molecule has 0 unspecified atom stereocenters. The zero-order chi connectivity index (χ0) is 34.9. The van der Waals surface area contributed by atoms with Crippen LogP contribution in [-0.4, -0.2) is 14.5 Å². The Bertz CT molecular complexity index is 2680. The number of aromatic nitrogens is 3. The number of fused-ring (bicyclic) bond motifs is 3. The van der Waals surface area contributed by atoms with Crippen LogP contribution in [0, 0.1) is 45.3 Å². The predicted octanol–water partition coefficient (Wildman–Crippen LogP) is 9.73. The lowest BCUT2D eigenvalue weighted by Crippen LogP contribution is -2.06. The summed E-state index contributed by atoms with van der Waals surface area (Å²) in [5.74, 6) is 0. The molecule has 234 valence electrons. The Labute approximate surface area is 293 Å². The monoisotopic (exact) mass is 649 g/mol. The molecule has 0 spiro atoms. The molecule has 0 aliphatic heterocycles. The SMILES string of the molecule is N#Cc1c(C#N)c(-c2ccccc2-n2c3ccccc3c3ccncc32)c(C#N)c(C#N)c1-c1cc(-c2ccccc2)nc(-c2ccccc2)c1. The van der Waals surface area contributed by atoms with Gasteiger partial charge in [0, 0.05) is 44.8 Å². The highest BCUT2D eigenvalue weighted by Crippen LogP contribution is 2.44. The lowest BCUT2D eigenvalue weighted by molar-refractivity contribution is 1.16. The number of nitrogens with zero attached hydrogens (tertiary/aromatic N) is 7. The van der Waals surface area contributed by atoms with E-state index in [0.717, 1.165) is 32.9 Å². The topological polar surface area (TPSA) is 126 Å². The van der Waals surface area contributed by atoms with Gasteiger partial charge < -0.3 is 4.57 Å². The molecule has 8 aromatic rings. The van der Waals surface area contributed by atoms with E-state index in [1.165, 1.54) is 0 Å². The van der Waals surface area contributed by atoms with Crippen molar-refractivity contribution in [3.8, 4) is 74.7 Å². The molecule has 51 heavy (non-hydrogen) atoms. The molecule has 3 heterocycles. The molecule has 7 nitrogen and oxygen atoms in total. The summed E-state index contributed by atoms with van der Waals surface area (Å²) in [6.45, 7) is 0. The maximum absolute atomic E-state index is 10.9. The molecule has 5 aromatic carbocycles. The van der Waals surface area contributed by atoms with Crippen LogP contribution in [0.1, 0.15) is 22.3 Å². The second kappa shape index (κ2) is 12.6. The number of benzene rings is 5. The van der Waals surface area contributed by atoms with Gasteiger partial charge in [0.1, 0.15) is 24.3 Å². The molecule has 0 saturated carbocycles. The zero-order valence-corrected chi connectivity index (χ0v) is 26.9. The first-order valence-electron chi connectivity index (χ1n) is 16.1. The van der Waals surface area contributed by atoms with Crippen LogP contribution in [0.4, 0.5) is 0 Å². The highest BCUT2D eigenvalue weighted by Gasteiger charge is 2.29. The lowest BCUT2D eigenvalue weighted by atomic mass is 9.82. The van der Waals surface area contributed by atoms with Crippen molar-refractivity contribution >= 4 is 21.8 Å². The summed E-state index contributed by atoms with van der Waals surface area (Å²) in [5, 5.41) is 45.4. The van der Waals surface area contributed by atoms with Crippen molar-refractivity contribution in [3.05, 3.63) is 162 Å². The smallest absolute Gasteiger partial charge is 0.101 e. The van der Waals surface area contributed by atoms with E-state index in [9.17, 15) is 21.0 Å². The van der Waals surface area contributed by atoms with E-state index in [1.54, 1.807) is 24.5 Å². The zero-order valence-electron chi connectivity index (χ0n) is 26.9. The summed E-state index contributed by atoms with van der Waals surface area (Å²) in [5.41, 5.74) is 6.80. The van der Waals surface area contributed by atoms with Crippen molar-refractivity contribution < 1.29 is 0 Å². The van der Waals surface area contributed by atoms with Crippen LogP contribution in [0.5, 0.6) is 0 Å². The van der Waals surface area contributed by atoms with Crippen molar-refractivity contribution in [3.63, 3.8) is 0 Å². The second-order valence-corrected chi connectivity index (χ2v) is 11.8. The van der Waals surface area contributed by atoms with Crippen LogP contribution in [-0.2, 0) is 0 Å². The van der Waals surface area contributed by atoms with Gasteiger partial charge in [-0.25, -0.2) is 4.98 Å². The maximum Gasteiger partial charge on any atom is 0.101 e. The van der Waals surface area contributed by atoms with E-state index < -0.39 is 0 Å². The van der Waals surface area contributed by atoms with Crippen molar-refractivity contribution in [2.45, 2.75) is 0 Å². The molecule has 0 aliphatic carbocycles. The third-order valence-corrected chi connectivity index (χ3v) is 9.09. The fraction of sp³-hybridized carbons (Fsp3) is 0. The van der Waals surface area contributed by atoms with E-state index in [4.69, 9.17) is 4.98 Å². The van der Waals surface area contributed by atoms with Gasteiger partial charge in [0.05, 0.1) is 56.6 Å². The highest BCUT2D eigenvalue weighted by molar-refractivity contribution is 6.09. The van der Waals surface area contributed by atoms with E-state index in [2.05, 4.69) is 29.3 Å². The number of hydrogen-bond donors (Lipinski definition) is 0. The fourth-order valence-corrected chi connectivity index (χ4v) is 6.90. The number of para-hydroxylation sites is 2. The van der Waals surface area contributed by atoms with E-state index >= 15 is 0 Å². The molecule has 3 aromatic heterocycles. The second-order valence-electron chi connectivity index (χ2n) is 11.8. The predicted molar refractivity (Wildman–Crippen MR) is 197 cm³/mol. The van der Waals surface area contributed by atoms with Gasteiger partial charge in [0.25, 0.3) is 0 Å². The Hall–Kier alpha value is -7.84. The Morgan fingerprint density at radius 2 is 0.980 bits per heavy atom. The third kappa shape index (κ3) is 4.95. The van der Waals surface area contributed by atoms with Gasteiger partial charge in [-0.1, -0.05) is 97.1 Å². The van der Waals surface area contributed by atoms with Crippen molar-refractivity contribution in [2.24, 2.45) is 0 Å². The molecular weight excluding hydrogens is 627 g/mol. The van der Waals surface area contributed by atoms with Crippen LogP contribution in [0.15, 0.2) is 140 Å². The average Bonchev–Trinajstić information content (AvgIpc) is 3.54. The first-order valence-corrected chi connectivity index (χ1v) is 16.1. The minimum absolute atomic E-state index is 0.00552. The van der Waals surface area contributed by atoms with Gasteiger partial charge >= 0.3 is 0 Å². The van der Waals surface area contributed by atoms with Gasteiger partial charge in [-0.2, -0.15) is 21.0 Å². The number of hydrogen-bond acceptors (Lipinski definition) is 6. The minimum atomic E-state index is 0.00552. The number of pyridine rings is 2. The van der Waals surface area contributed by atoms with Crippen molar-refractivity contribution in [2.75, 3.05) is 0 Å². The molecule has 8 rings (SSSR count). The maximum atomic E-state index is 10.9. The fourth-order valence-electron chi connectivity index (χ4n) is 6.90. The highest BCUT2D eigenvalue weighted by atomic mass is 15.0. The van der Waals surface area contributed by atoms with E-state index in [1.807, 2.05) is 120 Å². The normalized spacial score (nSPS) is 10.7. The Morgan fingerprint density at radius 1 is 0.471 bits per heavy atom. The summed E-state index contributed by atoms with van der Waals surface area (Å²) in [6.07, 6.45) is 3.53. The Morgan fingerprint density at radius 3 is 1.59 bits per heavy atom. The van der Waals surface area contributed by atoms with Crippen LogP contribution < -0.4 is 0 Å². The molecule has 0 atom stereocenters. The van der Waals surface area contributed by atoms with Gasteiger partial charge in [0.15, 0.2) is 0 Å². The molecule has 0 amide bonds. The Balaban J connectivity index is 1.46. The van der Waals surface area contributed by atoms with Crippen LogP contribution in [0.2, 0.25) is 0 Å². The van der Waals surface area contributed by atoms with Gasteiger partial charge in [-0.15, -0.1) is 0 Å². The standard InChI is InChI=1S/C44H23N7/c45-23-34-36(25-47)44(33-16-8-10-18-41(33)51-40-17-9-7-15-31(40)32-19-20-49-27-42(32)51)37(26-48)35(24-46)43(34)30-21-38(28-11-3-1-4-12-28)50-39(22-30)29-13-5-2-6-14-29/h1-22,27H. The van der Waals surface area contributed by atoms with Gasteiger partial charge in [0.2, 0.25) is 0 Å². The molecule has 0 saturated heterocycles. The lowest BCUT2D eigenvalue weighted by Gasteiger charge is -2.20. The van der Waals surface area contributed by atoms with Crippen LogP contribution in [0.25, 0.3) is 72.3 Å². The van der Waals surface area contributed by atoms with Crippen LogP contribution in [0.3, 0.4) is 0 Å². The first kappa shape index (κ1) is 30.5. The van der Waals surface area contributed by atoms with Crippen molar-refractivity contribution in [1.82, 2.24) is 14.5 Å². The molecular formula is C44H23N7. The number of nitriles is 4. The number of rotatable bonds is 5. The van der Waals surface area contributed by atoms with Crippen molar-refractivity contribution in [1.29, 1.82) is 21.0 Å². The van der Waals surface area contributed by atoms with Gasteiger partial charge in [-0.3, -0.25) is 4.98 Å². The molecule has 0 aliphatic rings.